The normalized spacial score (nSPS) is 9.55. The first-order valence-electron chi connectivity index (χ1n) is 3.82. The topological polar surface area (TPSA) is 17.1 Å². The molecule has 0 aliphatic heterocycles. The maximum atomic E-state index is 10.0. The molecule has 0 unspecified atom stereocenters. The standard InChI is InChI=1S/C10H12O/c1-9-4-6-10(7-5-9)3-2-8-11/h4-8H,2-3H2,1H3. The Morgan fingerprint density at radius 3 is 2.45 bits per heavy atom. The molecular weight excluding hydrogens is 136 g/mol. The zero-order chi connectivity index (χ0) is 8.10. The predicted octanol–water partition coefficient (Wildman–Crippen LogP) is 2.13. The van der Waals surface area contributed by atoms with Crippen molar-refractivity contribution in [3.05, 3.63) is 35.4 Å². The van der Waals surface area contributed by atoms with Crippen LogP contribution in [0.2, 0.25) is 0 Å². The summed E-state index contributed by atoms with van der Waals surface area (Å²) in [6, 6.07) is 8.28. The Bertz CT molecular complexity index is 223. The van der Waals surface area contributed by atoms with Gasteiger partial charge in [0.2, 0.25) is 0 Å². The van der Waals surface area contributed by atoms with Crippen molar-refractivity contribution in [1.29, 1.82) is 0 Å². The fraction of sp³-hybridized carbons (Fsp3) is 0.300. The number of aldehydes is 1. The predicted molar refractivity (Wildman–Crippen MR) is 45.6 cm³/mol. The van der Waals surface area contributed by atoms with Gasteiger partial charge in [-0.3, -0.25) is 0 Å². The first kappa shape index (κ1) is 7.99. The quantitative estimate of drug-likeness (QED) is 0.600. The van der Waals surface area contributed by atoms with E-state index < -0.39 is 0 Å². The molecule has 0 atom stereocenters. The number of carbonyl (C=O) groups excluding carboxylic acids is 1. The zero-order valence-corrected chi connectivity index (χ0v) is 6.71. The van der Waals surface area contributed by atoms with Gasteiger partial charge in [-0.15, -0.1) is 0 Å². The van der Waals surface area contributed by atoms with Gasteiger partial charge in [0, 0.05) is 6.42 Å². The third-order valence-electron chi connectivity index (χ3n) is 1.67. The highest BCUT2D eigenvalue weighted by Gasteiger charge is 1.90. The van der Waals surface area contributed by atoms with Crippen molar-refractivity contribution >= 4 is 6.29 Å². The lowest BCUT2D eigenvalue weighted by atomic mass is 10.1. The molecule has 0 aliphatic rings. The summed E-state index contributed by atoms with van der Waals surface area (Å²) >= 11 is 0. The first-order chi connectivity index (χ1) is 5.33. The second-order valence-electron chi connectivity index (χ2n) is 2.69. The van der Waals surface area contributed by atoms with Gasteiger partial charge in [-0.25, -0.2) is 0 Å². The van der Waals surface area contributed by atoms with E-state index in [0.29, 0.717) is 6.42 Å². The van der Waals surface area contributed by atoms with E-state index in [4.69, 9.17) is 0 Å². The van der Waals surface area contributed by atoms with E-state index in [1.54, 1.807) is 0 Å². The number of hydrogen-bond acceptors (Lipinski definition) is 1. The highest BCUT2D eigenvalue weighted by atomic mass is 16.1. The summed E-state index contributed by atoms with van der Waals surface area (Å²) in [5.41, 5.74) is 2.50. The van der Waals surface area contributed by atoms with Crippen LogP contribution in [0.1, 0.15) is 17.5 Å². The molecule has 0 amide bonds. The molecule has 0 aliphatic carbocycles. The molecule has 1 aromatic carbocycles. The van der Waals surface area contributed by atoms with E-state index >= 15 is 0 Å². The Balaban J connectivity index is 2.58. The van der Waals surface area contributed by atoms with Crippen LogP contribution >= 0.6 is 0 Å². The summed E-state index contributed by atoms with van der Waals surface area (Å²) in [7, 11) is 0. The molecule has 1 rings (SSSR count). The molecule has 1 aromatic rings. The maximum Gasteiger partial charge on any atom is 0.120 e. The SMILES string of the molecule is Cc1ccc(CCC=O)cc1. The Kier molecular flexibility index (Phi) is 2.84. The first-order valence-corrected chi connectivity index (χ1v) is 3.82. The fourth-order valence-corrected chi connectivity index (χ4v) is 0.980. The highest BCUT2D eigenvalue weighted by Crippen LogP contribution is 2.04. The Morgan fingerprint density at radius 1 is 1.27 bits per heavy atom. The van der Waals surface area contributed by atoms with Crippen LogP contribution < -0.4 is 0 Å². The lowest BCUT2D eigenvalue weighted by molar-refractivity contribution is -0.107. The second-order valence-corrected chi connectivity index (χ2v) is 2.69. The lowest BCUT2D eigenvalue weighted by Crippen LogP contribution is -1.85. The smallest absolute Gasteiger partial charge is 0.120 e. The van der Waals surface area contributed by atoms with Crippen LogP contribution in [0.15, 0.2) is 24.3 Å². The molecule has 11 heavy (non-hydrogen) atoms. The van der Waals surface area contributed by atoms with Crippen LogP contribution in [-0.2, 0) is 11.2 Å². The average Bonchev–Trinajstić information content (AvgIpc) is 2.04. The minimum absolute atomic E-state index is 0.628. The fourth-order valence-electron chi connectivity index (χ4n) is 0.980. The third kappa shape index (κ3) is 2.54. The van der Waals surface area contributed by atoms with Crippen LogP contribution in [0, 0.1) is 6.92 Å². The van der Waals surface area contributed by atoms with Gasteiger partial charge in [-0.05, 0) is 18.9 Å². The number of rotatable bonds is 3. The minimum atomic E-state index is 0.628. The molecule has 0 aromatic heterocycles. The molecule has 1 nitrogen and oxygen atoms in total. The summed E-state index contributed by atoms with van der Waals surface area (Å²) in [5.74, 6) is 0. The average molecular weight is 148 g/mol. The molecular formula is C10H12O. The van der Waals surface area contributed by atoms with Gasteiger partial charge in [-0.1, -0.05) is 29.8 Å². The largest absolute Gasteiger partial charge is 0.303 e. The summed E-state index contributed by atoms with van der Waals surface area (Å²) in [5, 5.41) is 0. The molecule has 0 N–H and O–H groups in total. The van der Waals surface area contributed by atoms with E-state index in [0.717, 1.165) is 12.7 Å². The van der Waals surface area contributed by atoms with Crippen LogP contribution in [0.25, 0.3) is 0 Å². The maximum absolute atomic E-state index is 10.0. The molecule has 58 valence electrons. The minimum Gasteiger partial charge on any atom is -0.303 e. The van der Waals surface area contributed by atoms with Crippen LogP contribution in [-0.4, -0.2) is 6.29 Å². The molecule has 0 bridgehead atoms. The van der Waals surface area contributed by atoms with E-state index in [1.165, 1.54) is 11.1 Å². The Labute approximate surface area is 67.1 Å². The van der Waals surface area contributed by atoms with E-state index in [1.807, 2.05) is 0 Å². The van der Waals surface area contributed by atoms with Crippen molar-refractivity contribution in [2.75, 3.05) is 0 Å². The van der Waals surface area contributed by atoms with Gasteiger partial charge >= 0.3 is 0 Å². The second kappa shape index (κ2) is 3.91. The number of aryl methyl sites for hydroxylation is 2. The van der Waals surface area contributed by atoms with Crippen LogP contribution in [0.4, 0.5) is 0 Å². The number of carbonyl (C=O) groups is 1. The molecule has 0 saturated carbocycles. The molecule has 1 heteroatoms. The number of benzene rings is 1. The zero-order valence-electron chi connectivity index (χ0n) is 6.71. The van der Waals surface area contributed by atoms with Gasteiger partial charge in [0.25, 0.3) is 0 Å². The highest BCUT2D eigenvalue weighted by molar-refractivity contribution is 5.50. The Morgan fingerprint density at radius 2 is 1.91 bits per heavy atom. The molecule has 0 radical (unpaired) electrons. The monoisotopic (exact) mass is 148 g/mol. The van der Waals surface area contributed by atoms with Crippen molar-refractivity contribution in [2.24, 2.45) is 0 Å². The van der Waals surface area contributed by atoms with E-state index in [2.05, 4.69) is 31.2 Å². The van der Waals surface area contributed by atoms with E-state index in [9.17, 15) is 4.79 Å². The van der Waals surface area contributed by atoms with Gasteiger partial charge in [-0.2, -0.15) is 0 Å². The summed E-state index contributed by atoms with van der Waals surface area (Å²) < 4.78 is 0. The molecule has 0 heterocycles. The van der Waals surface area contributed by atoms with Gasteiger partial charge in [0.1, 0.15) is 6.29 Å². The van der Waals surface area contributed by atoms with Crippen molar-refractivity contribution in [1.82, 2.24) is 0 Å². The van der Waals surface area contributed by atoms with Crippen molar-refractivity contribution in [3.8, 4) is 0 Å². The molecule has 0 spiro atoms. The van der Waals surface area contributed by atoms with Crippen LogP contribution in [0.3, 0.4) is 0 Å². The van der Waals surface area contributed by atoms with Crippen molar-refractivity contribution < 1.29 is 4.79 Å². The molecule has 0 saturated heterocycles. The summed E-state index contributed by atoms with van der Waals surface area (Å²) in [4.78, 5) is 10.0. The van der Waals surface area contributed by atoms with Crippen LogP contribution in [0.5, 0.6) is 0 Å². The third-order valence-corrected chi connectivity index (χ3v) is 1.67. The van der Waals surface area contributed by atoms with Crippen molar-refractivity contribution in [3.63, 3.8) is 0 Å². The van der Waals surface area contributed by atoms with Gasteiger partial charge in [0.05, 0.1) is 0 Å². The molecule has 0 fully saturated rings. The summed E-state index contributed by atoms with van der Waals surface area (Å²) in [6.45, 7) is 2.06. The van der Waals surface area contributed by atoms with Gasteiger partial charge < -0.3 is 4.79 Å². The summed E-state index contributed by atoms with van der Waals surface area (Å²) in [6.07, 6.45) is 2.45. The van der Waals surface area contributed by atoms with E-state index in [-0.39, 0.29) is 0 Å². The van der Waals surface area contributed by atoms with Gasteiger partial charge in [0.15, 0.2) is 0 Å². The Hall–Kier alpha value is -1.11. The number of hydrogen-bond donors (Lipinski definition) is 0. The van der Waals surface area contributed by atoms with Crippen molar-refractivity contribution in [2.45, 2.75) is 19.8 Å². The lowest BCUT2D eigenvalue weighted by Gasteiger charge is -1.96.